The van der Waals surface area contributed by atoms with E-state index in [9.17, 15) is 9.59 Å². The smallest absolute Gasteiger partial charge is 0.312 e. The Morgan fingerprint density at radius 3 is 2.41 bits per heavy atom. The summed E-state index contributed by atoms with van der Waals surface area (Å²) < 4.78 is 0. The Balaban J connectivity index is 1.97. The second-order valence-electron chi connectivity index (χ2n) is 6.24. The molecule has 1 aliphatic carbocycles. The molecule has 1 saturated carbocycles. The number of primary amides is 1. The number of urea groups is 1. The van der Waals surface area contributed by atoms with Crippen LogP contribution < -0.4 is 16.4 Å². The van der Waals surface area contributed by atoms with Crippen LogP contribution in [0.1, 0.15) is 38.7 Å². The molecule has 0 heterocycles. The number of nitrogens with one attached hydrogen (secondary N) is 2. The second-order valence-corrected chi connectivity index (χ2v) is 6.24. The third kappa shape index (κ3) is 3.78. The Morgan fingerprint density at radius 1 is 1.27 bits per heavy atom. The van der Waals surface area contributed by atoms with E-state index in [-0.39, 0.29) is 17.2 Å². The van der Waals surface area contributed by atoms with Crippen molar-refractivity contribution in [2.24, 2.45) is 11.7 Å². The molecule has 0 aromatic heterocycles. The summed E-state index contributed by atoms with van der Waals surface area (Å²) >= 11 is 0. The molecular weight excluding hydrogens is 278 g/mol. The molecule has 3 amide bonds. The predicted octanol–water partition coefficient (Wildman–Crippen LogP) is 1.92. The molecule has 4 N–H and O–H groups in total. The van der Waals surface area contributed by atoms with Gasteiger partial charge in [0.25, 0.3) is 0 Å². The van der Waals surface area contributed by atoms with Crippen molar-refractivity contribution in [1.29, 1.82) is 0 Å². The second kappa shape index (κ2) is 6.81. The summed E-state index contributed by atoms with van der Waals surface area (Å²) in [5.41, 5.74) is 6.50. The Kier molecular flexibility index (Phi) is 5.06. The van der Waals surface area contributed by atoms with E-state index in [4.69, 9.17) is 5.73 Å². The summed E-state index contributed by atoms with van der Waals surface area (Å²) in [6.07, 6.45) is 2.95. The number of benzene rings is 1. The highest BCUT2D eigenvalue weighted by atomic mass is 16.2. The number of nitrogens with two attached hydrogens (primary N) is 1. The van der Waals surface area contributed by atoms with Crippen molar-refractivity contribution in [2.75, 3.05) is 6.54 Å². The third-order valence-corrected chi connectivity index (χ3v) is 4.63. The molecule has 0 bridgehead atoms. The largest absolute Gasteiger partial charge is 0.353 e. The molecule has 0 aliphatic heterocycles. The summed E-state index contributed by atoms with van der Waals surface area (Å²) in [6.45, 7) is 4.52. The molecule has 0 unspecified atom stereocenters. The minimum absolute atomic E-state index is 0.0411. The molecule has 0 spiro atoms. The van der Waals surface area contributed by atoms with Crippen molar-refractivity contribution in [3.05, 3.63) is 35.9 Å². The van der Waals surface area contributed by atoms with Crippen molar-refractivity contribution in [3.63, 3.8) is 0 Å². The van der Waals surface area contributed by atoms with Crippen LogP contribution in [-0.2, 0) is 10.2 Å². The van der Waals surface area contributed by atoms with Crippen LogP contribution >= 0.6 is 0 Å². The van der Waals surface area contributed by atoms with Crippen LogP contribution in [0.3, 0.4) is 0 Å². The number of carbonyl (C=O) groups is 2. The lowest BCUT2D eigenvalue weighted by Gasteiger charge is -2.24. The molecule has 2 atom stereocenters. The standard InChI is InChI=1S/C17H25N3O2/c1-3-12(2)14(20-16(18)22)15(21)19-11-17(9-10-17)13-7-5-4-6-8-13/h4-8,12,14H,3,9-11H2,1-2H3,(H,19,21)(H3,18,20,22)/t12-,14+/m1/s1. The number of amides is 3. The van der Waals surface area contributed by atoms with E-state index in [0.717, 1.165) is 19.3 Å². The van der Waals surface area contributed by atoms with Crippen LogP contribution in [0.2, 0.25) is 0 Å². The van der Waals surface area contributed by atoms with Gasteiger partial charge in [-0.15, -0.1) is 0 Å². The molecule has 120 valence electrons. The fraction of sp³-hybridized carbons (Fsp3) is 0.529. The third-order valence-electron chi connectivity index (χ3n) is 4.63. The van der Waals surface area contributed by atoms with Gasteiger partial charge >= 0.3 is 6.03 Å². The van der Waals surface area contributed by atoms with Gasteiger partial charge in [0.15, 0.2) is 0 Å². The zero-order chi connectivity index (χ0) is 16.2. The SMILES string of the molecule is CC[C@@H](C)[C@H](NC(N)=O)C(=O)NCC1(c2ccccc2)CC1. The lowest BCUT2D eigenvalue weighted by molar-refractivity contribution is -0.124. The van der Waals surface area contributed by atoms with Gasteiger partial charge in [-0.2, -0.15) is 0 Å². The summed E-state index contributed by atoms with van der Waals surface area (Å²) in [6, 6.07) is 9.01. The molecule has 1 aromatic carbocycles. The van der Waals surface area contributed by atoms with Gasteiger partial charge in [-0.05, 0) is 24.3 Å². The van der Waals surface area contributed by atoms with Gasteiger partial charge < -0.3 is 16.4 Å². The van der Waals surface area contributed by atoms with Crippen LogP contribution in [0, 0.1) is 5.92 Å². The normalized spacial score (nSPS) is 18.1. The minimum Gasteiger partial charge on any atom is -0.353 e. The summed E-state index contributed by atoms with van der Waals surface area (Å²) in [7, 11) is 0. The molecule has 5 nitrogen and oxygen atoms in total. The first-order valence-corrected chi connectivity index (χ1v) is 7.88. The van der Waals surface area contributed by atoms with Gasteiger partial charge in [0, 0.05) is 12.0 Å². The first kappa shape index (κ1) is 16.3. The quantitative estimate of drug-likeness (QED) is 0.719. The van der Waals surface area contributed by atoms with Gasteiger partial charge in [-0.25, -0.2) is 4.79 Å². The molecule has 1 aliphatic rings. The van der Waals surface area contributed by atoms with Gasteiger partial charge in [0.05, 0.1) is 0 Å². The molecule has 1 fully saturated rings. The summed E-state index contributed by atoms with van der Waals surface area (Å²) in [5, 5.41) is 5.55. The molecule has 0 radical (unpaired) electrons. The fourth-order valence-corrected chi connectivity index (χ4v) is 2.73. The van der Waals surface area contributed by atoms with E-state index in [1.165, 1.54) is 5.56 Å². The lowest BCUT2D eigenvalue weighted by Crippen LogP contribution is -2.52. The van der Waals surface area contributed by atoms with Gasteiger partial charge in [0.2, 0.25) is 5.91 Å². The molecule has 1 aromatic rings. The average Bonchev–Trinajstić information content (AvgIpc) is 3.31. The van der Waals surface area contributed by atoms with Gasteiger partial charge in [-0.3, -0.25) is 4.79 Å². The van der Waals surface area contributed by atoms with Crippen molar-refractivity contribution in [3.8, 4) is 0 Å². The predicted molar refractivity (Wildman–Crippen MR) is 86.3 cm³/mol. The van der Waals surface area contributed by atoms with Crippen molar-refractivity contribution < 1.29 is 9.59 Å². The average molecular weight is 303 g/mol. The van der Waals surface area contributed by atoms with Crippen LogP contribution in [0.25, 0.3) is 0 Å². The molecule has 5 heteroatoms. The number of carbonyl (C=O) groups excluding carboxylic acids is 2. The number of hydrogen-bond acceptors (Lipinski definition) is 2. The lowest BCUT2D eigenvalue weighted by atomic mass is 9.95. The van der Waals surface area contributed by atoms with Crippen molar-refractivity contribution in [1.82, 2.24) is 10.6 Å². The van der Waals surface area contributed by atoms with E-state index in [0.29, 0.717) is 6.54 Å². The van der Waals surface area contributed by atoms with E-state index in [1.54, 1.807) is 0 Å². The van der Waals surface area contributed by atoms with E-state index >= 15 is 0 Å². The number of rotatable bonds is 7. The first-order chi connectivity index (χ1) is 10.5. The van der Waals surface area contributed by atoms with E-state index in [1.807, 2.05) is 32.0 Å². The van der Waals surface area contributed by atoms with Crippen LogP contribution in [0.4, 0.5) is 4.79 Å². The topological polar surface area (TPSA) is 84.2 Å². The molecular formula is C17H25N3O2. The highest BCUT2D eigenvalue weighted by molar-refractivity contribution is 5.86. The maximum atomic E-state index is 12.4. The Bertz CT molecular complexity index is 526. The van der Waals surface area contributed by atoms with E-state index < -0.39 is 12.1 Å². The molecule has 0 saturated heterocycles. The number of hydrogen-bond donors (Lipinski definition) is 3. The zero-order valence-corrected chi connectivity index (χ0v) is 13.3. The van der Waals surface area contributed by atoms with Crippen LogP contribution in [0.5, 0.6) is 0 Å². The first-order valence-electron chi connectivity index (χ1n) is 7.88. The van der Waals surface area contributed by atoms with Gasteiger partial charge in [0.1, 0.15) is 6.04 Å². The fourth-order valence-electron chi connectivity index (χ4n) is 2.73. The van der Waals surface area contributed by atoms with E-state index in [2.05, 4.69) is 22.8 Å². The van der Waals surface area contributed by atoms with Crippen molar-refractivity contribution in [2.45, 2.75) is 44.6 Å². The van der Waals surface area contributed by atoms with Crippen LogP contribution in [-0.4, -0.2) is 24.5 Å². The van der Waals surface area contributed by atoms with Gasteiger partial charge in [-0.1, -0.05) is 50.6 Å². The molecule has 22 heavy (non-hydrogen) atoms. The molecule has 2 rings (SSSR count). The maximum Gasteiger partial charge on any atom is 0.312 e. The minimum atomic E-state index is -0.662. The highest BCUT2D eigenvalue weighted by Crippen LogP contribution is 2.47. The monoisotopic (exact) mass is 303 g/mol. The highest BCUT2D eigenvalue weighted by Gasteiger charge is 2.44. The maximum absolute atomic E-state index is 12.4. The Hall–Kier alpha value is -2.04. The van der Waals surface area contributed by atoms with Crippen molar-refractivity contribution >= 4 is 11.9 Å². The summed E-state index contributed by atoms with van der Waals surface area (Å²) in [4.78, 5) is 23.5. The Labute approximate surface area is 131 Å². The summed E-state index contributed by atoms with van der Waals surface area (Å²) in [5.74, 6) is -0.116. The Morgan fingerprint density at radius 2 is 1.91 bits per heavy atom. The zero-order valence-electron chi connectivity index (χ0n) is 13.3. The van der Waals surface area contributed by atoms with Crippen LogP contribution in [0.15, 0.2) is 30.3 Å².